The number of halogens is 3. The third kappa shape index (κ3) is 3.72. The summed E-state index contributed by atoms with van der Waals surface area (Å²) >= 11 is 0. The number of carbonyl (C=O) groups excluding carboxylic acids is 1. The zero-order chi connectivity index (χ0) is 20.5. The van der Waals surface area contributed by atoms with Gasteiger partial charge in [-0.15, -0.1) is 0 Å². The number of hydrogen-bond donors (Lipinski definition) is 1. The van der Waals surface area contributed by atoms with E-state index in [-0.39, 0.29) is 31.7 Å². The van der Waals surface area contributed by atoms with Crippen LogP contribution in [0.15, 0.2) is 36.5 Å². The first-order valence-corrected chi connectivity index (χ1v) is 8.41. The summed E-state index contributed by atoms with van der Waals surface area (Å²) in [5, 5.41) is 13.0. The second-order valence-electron chi connectivity index (χ2n) is 6.69. The van der Waals surface area contributed by atoms with Gasteiger partial charge in [0.25, 0.3) is 5.91 Å². The molecule has 150 valence electrons. The predicted molar refractivity (Wildman–Crippen MR) is 91.0 cm³/mol. The topological polar surface area (TPSA) is 84.7 Å². The number of carboxylic acid groups (broad SMARTS) is 1. The molecule has 1 aliphatic rings. The van der Waals surface area contributed by atoms with Gasteiger partial charge in [0, 0.05) is 32.0 Å². The summed E-state index contributed by atoms with van der Waals surface area (Å²) in [6, 6.07) is 6.86. The van der Waals surface area contributed by atoms with E-state index in [9.17, 15) is 27.9 Å². The molecule has 28 heavy (non-hydrogen) atoms. The molecule has 1 aromatic carbocycles. The van der Waals surface area contributed by atoms with E-state index in [0.717, 1.165) is 16.9 Å². The second kappa shape index (κ2) is 7.27. The third-order valence-electron chi connectivity index (χ3n) is 4.75. The van der Waals surface area contributed by atoms with Crippen molar-refractivity contribution in [2.24, 2.45) is 5.41 Å². The van der Waals surface area contributed by atoms with Crippen molar-refractivity contribution < 1.29 is 32.6 Å². The maximum Gasteiger partial charge on any atom is 0.435 e. The lowest BCUT2D eigenvalue weighted by Crippen LogP contribution is -2.40. The van der Waals surface area contributed by atoms with Crippen molar-refractivity contribution in [2.75, 3.05) is 26.8 Å². The summed E-state index contributed by atoms with van der Waals surface area (Å²) < 4.78 is 44.3. The molecular weight excluding hydrogens is 379 g/mol. The van der Waals surface area contributed by atoms with E-state index in [0.29, 0.717) is 5.69 Å². The number of benzene rings is 1. The Morgan fingerprint density at radius 2 is 2.07 bits per heavy atom. The average molecular weight is 397 g/mol. The molecule has 3 rings (SSSR count). The number of carboxylic acids is 1. The number of alkyl halides is 3. The highest BCUT2D eigenvalue weighted by Crippen LogP contribution is 2.32. The number of nitrogens with zero attached hydrogens (tertiary/aromatic N) is 3. The summed E-state index contributed by atoms with van der Waals surface area (Å²) in [6.07, 6.45) is -3.14. The number of aromatic nitrogens is 2. The number of amides is 1. The summed E-state index contributed by atoms with van der Waals surface area (Å²) in [7, 11) is 1.40. The van der Waals surface area contributed by atoms with E-state index in [1.54, 1.807) is 0 Å². The van der Waals surface area contributed by atoms with Gasteiger partial charge in [-0.1, -0.05) is 6.07 Å². The Balaban J connectivity index is 1.82. The van der Waals surface area contributed by atoms with E-state index >= 15 is 0 Å². The molecule has 7 nitrogen and oxygen atoms in total. The van der Waals surface area contributed by atoms with Gasteiger partial charge in [0.1, 0.15) is 5.41 Å². The first-order chi connectivity index (χ1) is 13.2. The Labute approximate surface area is 158 Å². The molecule has 1 aromatic heterocycles. The van der Waals surface area contributed by atoms with Gasteiger partial charge in [0.15, 0.2) is 5.69 Å². The van der Waals surface area contributed by atoms with Crippen molar-refractivity contribution >= 4 is 11.9 Å². The van der Waals surface area contributed by atoms with E-state index in [2.05, 4.69) is 5.10 Å². The van der Waals surface area contributed by atoms with Gasteiger partial charge >= 0.3 is 12.1 Å². The van der Waals surface area contributed by atoms with Crippen LogP contribution < -0.4 is 0 Å². The van der Waals surface area contributed by atoms with Gasteiger partial charge in [-0.25, -0.2) is 4.68 Å². The Hall–Kier alpha value is -2.88. The molecule has 1 aliphatic heterocycles. The lowest BCUT2D eigenvalue weighted by molar-refractivity contribution is -0.151. The van der Waals surface area contributed by atoms with Gasteiger partial charge in [-0.05, 0) is 30.7 Å². The minimum Gasteiger partial charge on any atom is -0.481 e. The molecule has 2 aromatic rings. The highest BCUT2D eigenvalue weighted by atomic mass is 19.4. The van der Waals surface area contributed by atoms with Crippen molar-refractivity contribution in [1.29, 1.82) is 0 Å². The molecule has 1 fully saturated rings. The molecule has 2 heterocycles. The maximum atomic E-state index is 12.8. The van der Waals surface area contributed by atoms with Crippen LogP contribution in [-0.4, -0.2) is 58.5 Å². The van der Waals surface area contributed by atoms with Crippen LogP contribution in [0.4, 0.5) is 13.2 Å². The highest BCUT2D eigenvalue weighted by molar-refractivity contribution is 5.95. The van der Waals surface area contributed by atoms with Crippen LogP contribution in [0.5, 0.6) is 0 Å². The first kappa shape index (κ1) is 19.9. The number of methoxy groups -OCH3 is 1. The molecule has 0 saturated carbocycles. The second-order valence-corrected chi connectivity index (χ2v) is 6.69. The van der Waals surface area contributed by atoms with Crippen LogP contribution in [0, 0.1) is 5.41 Å². The Bertz CT molecular complexity index is 896. The standard InChI is InChI=1S/C18H18F3N3O4/c1-28-11-17(16(26)27)6-8-23(10-17)15(25)12-3-2-4-13(9-12)24-7-5-14(22-24)18(19,20)21/h2-5,7,9H,6,8,10-11H2,1H3,(H,26,27). The monoisotopic (exact) mass is 397 g/mol. The summed E-state index contributed by atoms with van der Waals surface area (Å²) in [6.45, 7) is 0.234. The van der Waals surface area contributed by atoms with Crippen molar-refractivity contribution in [2.45, 2.75) is 12.6 Å². The molecular formula is C18H18F3N3O4. The number of carbonyl (C=O) groups is 2. The van der Waals surface area contributed by atoms with Gasteiger partial charge in [0.05, 0.1) is 12.3 Å². The zero-order valence-corrected chi connectivity index (χ0v) is 14.9. The molecule has 1 atom stereocenters. The number of aliphatic carboxylic acids is 1. The zero-order valence-electron chi connectivity index (χ0n) is 14.9. The number of rotatable bonds is 5. The molecule has 0 aliphatic carbocycles. The molecule has 10 heteroatoms. The summed E-state index contributed by atoms with van der Waals surface area (Å²) in [5.74, 6) is -1.43. The third-order valence-corrected chi connectivity index (χ3v) is 4.75. The van der Waals surface area contributed by atoms with Gasteiger partial charge < -0.3 is 14.7 Å². The minimum absolute atomic E-state index is 0.000768. The van der Waals surface area contributed by atoms with Crippen LogP contribution in [0.3, 0.4) is 0 Å². The van der Waals surface area contributed by atoms with E-state index in [4.69, 9.17) is 4.74 Å². The molecule has 0 radical (unpaired) electrons. The molecule has 1 unspecified atom stereocenters. The SMILES string of the molecule is COCC1(C(=O)O)CCN(C(=O)c2cccc(-n3ccc(C(F)(F)F)n3)c2)C1. The quantitative estimate of drug-likeness (QED) is 0.838. The molecule has 0 spiro atoms. The van der Waals surface area contributed by atoms with Crippen LogP contribution in [0.2, 0.25) is 0 Å². The van der Waals surface area contributed by atoms with Crippen molar-refractivity contribution in [3.63, 3.8) is 0 Å². The fourth-order valence-electron chi connectivity index (χ4n) is 3.26. The Morgan fingerprint density at radius 1 is 1.32 bits per heavy atom. The molecule has 1 saturated heterocycles. The van der Waals surface area contributed by atoms with Crippen LogP contribution in [-0.2, 0) is 15.7 Å². The lowest BCUT2D eigenvalue weighted by Gasteiger charge is -2.24. The molecule has 1 N–H and O–H groups in total. The minimum atomic E-state index is -4.56. The van der Waals surface area contributed by atoms with Gasteiger partial charge in [-0.3, -0.25) is 9.59 Å². The van der Waals surface area contributed by atoms with Gasteiger partial charge in [0.2, 0.25) is 0 Å². The number of hydrogen-bond acceptors (Lipinski definition) is 4. The van der Waals surface area contributed by atoms with Crippen LogP contribution in [0.25, 0.3) is 5.69 Å². The maximum absolute atomic E-state index is 12.8. The average Bonchev–Trinajstić information content (AvgIpc) is 3.29. The fraction of sp³-hybridized carbons (Fsp3) is 0.389. The van der Waals surface area contributed by atoms with Crippen molar-refractivity contribution in [1.82, 2.24) is 14.7 Å². The normalized spacial score (nSPS) is 19.8. The predicted octanol–water partition coefficient (Wildman–Crippen LogP) is 2.45. The molecule has 0 bridgehead atoms. The largest absolute Gasteiger partial charge is 0.481 e. The Morgan fingerprint density at radius 3 is 2.68 bits per heavy atom. The van der Waals surface area contributed by atoms with Crippen molar-refractivity contribution in [3.05, 3.63) is 47.8 Å². The van der Waals surface area contributed by atoms with Crippen LogP contribution in [0.1, 0.15) is 22.5 Å². The van der Waals surface area contributed by atoms with Crippen LogP contribution >= 0.6 is 0 Å². The lowest BCUT2D eigenvalue weighted by atomic mass is 9.88. The van der Waals surface area contributed by atoms with Gasteiger partial charge in [-0.2, -0.15) is 18.3 Å². The fourth-order valence-corrected chi connectivity index (χ4v) is 3.26. The Kier molecular flexibility index (Phi) is 5.16. The smallest absolute Gasteiger partial charge is 0.435 e. The van der Waals surface area contributed by atoms with Crippen molar-refractivity contribution in [3.8, 4) is 5.69 Å². The number of ether oxygens (including phenoxy) is 1. The van der Waals surface area contributed by atoms with E-state index < -0.39 is 29.2 Å². The molecule has 1 amide bonds. The summed E-state index contributed by atoms with van der Waals surface area (Å²) in [5.41, 5.74) is -1.66. The highest BCUT2D eigenvalue weighted by Gasteiger charge is 2.46. The number of likely N-dealkylation sites (tertiary alicyclic amines) is 1. The van der Waals surface area contributed by atoms with E-state index in [1.807, 2.05) is 0 Å². The van der Waals surface area contributed by atoms with E-state index in [1.165, 1.54) is 36.3 Å². The summed E-state index contributed by atoms with van der Waals surface area (Å²) in [4.78, 5) is 25.8. The first-order valence-electron chi connectivity index (χ1n) is 8.41.